The highest BCUT2D eigenvalue weighted by atomic mass is 79.9. The summed E-state index contributed by atoms with van der Waals surface area (Å²) in [5.74, 6) is 0. The highest BCUT2D eigenvalue weighted by Crippen LogP contribution is 2.29. The van der Waals surface area contributed by atoms with Crippen LogP contribution in [0.15, 0.2) is 33.6 Å². The highest BCUT2D eigenvalue weighted by molar-refractivity contribution is 9.10. The third-order valence-electron chi connectivity index (χ3n) is 3.50. The Morgan fingerprint density at radius 1 is 1.11 bits per heavy atom. The number of sulfonamides is 1. The van der Waals surface area contributed by atoms with E-state index in [2.05, 4.69) is 15.9 Å². The molecule has 0 radical (unpaired) electrons. The Labute approximate surface area is 117 Å². The molecule has 0 bridgehead atoms. The van der Waals surface area contributed by atoms with Crippen LogP contribution in [0.2, 0.25) is 0 Å². The van der Waals surface area contributed by atoms with Gasteiger partial charge in [-0.3, -0.25) is 0 Å². The Hall–Kier alpha value is -0.390. The zero-order chi connectivity index (χ0) is 13.3. The zero-order valence-electron chi connectivity index (χ0n) is 10.6. The lowest BCUT2D eigenvalue weighted by molar-refractivity contribution is 0.204. The van der Waals surface area contributed by atoms with Gasteiger partial charge in [0.25, 0.3) is 0 Å². The van der Waals surface area contributed by atoms with Crippen molar-refractivity contribution in [2.24, 2.45) is 0 Å². The minimum Gasteiger partial charge on any atom is -0.207 e. The Kier molecular flexibility index (Phi) is 4.14. The summed E-state index contributed by atoms with van der Waals surface area (Å²) < 4.78 is 27.8. The maximum Gasteiger partial charge on any atom is 0.243 e. The van der Waals surface area contributed by atoms with Gasteiger partial charge >= 0.3 is 0 Å². The molecule has 2 atom stereocenters. The molecule has 0 N–H and O–H groups in total. The summed E-state index contributed by atoms with van der Waals surface area (Å²) in [7, 11) is -3.36. The zero-order valence-corrected chi connectivity index (χ0v) is 13.0. The molecule has 0 aromatic heterocycles. The lowest BCUT2D eigenvalue weighted by Gasteiger charge is -2.37. The van der Waals surface area contributed by atoms with Gasteiger partial charge in [-0.2, -0.15) is 4.31 Å². The Morgan fingerprint density at radius 2 is 1.61 bits per heavy atom. The number of piperidine rings is 1. The summed E-state index contributed by atoms with van der Waals surface area (Å²) in [5, 5.41) is 0. The Balaban J connectivity index is 2.38. The second kappa shape index (κ2) is 5.31. The average Bonchev–Trinajstić information content (AvgIpc) is 2.29. The first-order valence-corrected chi connectivity index (χ1v) is 8.45. The molecular formula is C13H18BrNO2S. The van der Waals surface area contributed by atoms with E-state index in [4.69, 9.17) is 0 Å². The van der Waals surface area contributed by atoms with Gasteiger partial charge in [-0.1, -0.05) is 22.4 Å². The number of benzene rings is 1. The van der Waals surface area contributed by atoms with E-state index in [1.54, 1.807) is 28.6 Å². The molecule has 1 heterocycles. The van der Waals surface area contributed by atoms with Gasteiger partial charge in [0.2, 0.25) is 10.0 Å². The van der Waals surface area contributed by atoms with E-state index in [9.17, 15) is 8.42 Å². The van der Waals surface area contributed by atoms with Gasteiger partial charge in [0.1, 0.15) is 0 Å². The van der Waals surface area contributed by atoms with Gasteiger partial charge in [-0.15, -0.1) is 0 Å². The predicted molar refractivity (Wildman–Crippen MR) is 75.9 cm³/mol. The summed E-state index contributed by atoms with van der Waals surface area (Å²) in [5.41, 5.74) is 0. The molecule has 0 unspecified atom stereocenters. The smallest absolute Gasteiger partial charge is 0.207 e. The van der Waals surface area contributed by atoms with Crippen molar-refractivity contribution < 1.29 is 8.42 Å². The molecule has 0 amide bonds. The fraction of sp³-hybridized carbons (Fsp3) is 0.538. The maximum absolute atomic E-state index is 12.6. The molecular weight excluding hydrogens is 314 g/mol. The summed E-state index contributed by atoms with van der Waals surface area (Å²) in [6.07, 6.45) is 2.99. The van der Waals surface area contributed by atoms with Crippen LogP contribution in [0.1, 0.15) is 33.1 Å². The van der Waals surface area contributed by atoms with Crippen LogP contribution in [0.25, 0.3) is 0 Å². The topological polar surface area (TPSA) is 37.4 Å². The quantitative estimate of drug-likeness (QED) is 0.832. The first kappa shape index (κ1) is 14.0. The molecule has 100 valence electrons. The predicted octanol–water partition coefficient (Wildman–Crippen LogP) is 3.40. The minimum atomic E-state index is -3.36. The van der Waals surface area contributed by atoms with Crippen LogP contribution < -0.4 is 0 Å². The van der Waals surface area contributed by atoms with E-state index >= 15 is 0 Å². The van der Waals surface area contributed by atoms with E-state index in [-0.39, 0.29) is 12.1 Å². The number of hydrogen-bond donors (Lipinski definition) is 0. The molecule has 1 aromatic rings. The van der Waals surface area contributed by atoms with Crippen molar-refractivity contribution >= 4 is 26.0 Å². The van der Waals surface area contributed by atoms with Crippen LogP contribution in [0.5, 0.6) is 0 Å². The molecule has 0 aliphatic carbocycles. The van der Waals surface area contributed by atoms with Crippen LogP contribution in [-0.2, 0) is 10.0 Å². The van der Waals surface area contributed by atoms with Crippen molar-refractivity contribution in [3.63, 3.8) is 0 Å². The summed E-state index contributed by atoms with van der Waals surface area (Å²) >= 11 is 3.32. The van der Waals surface area contributed by atoms with Crippen LogP contribution in [0.3, 0.4) is 0 Å². The highest BCUT2D eigenvalue weighted by Gasteiger charge is 2.35. The van der Waals surface area contributed by atoms with Crippen molar-refractivity contribution in [2.75, 3.05) is 0 Å². The normalized spacial score (nSPS) is 26.2. The van der Waals surface area contributed by atoms with E-state index in [0.717, 1.165) is 23.7 Å². The molecule has 3 nitrogen and oxygen atoms in total. The first-order valence-electron chi connectivity index (χ1n) is 6.22. The summed E-state index contributed by atoms with van der Waals surface area (Å²) in [6, 6.07) is 7.03. The van der Waals surface area contributed by atoms with E-state index in [0.29, 0.717) is 4.90 Å². The number of halogens is 1. The first-order chi connectivity index (χ1) is 8.43. The lowest BCUT2D eigenvalue weighted by Crippen LogP contribution is -2.47. The number of rotatable bonds is 2. The molecule has 1 aliphatic rings. The van der Waals surface area contributed by atoms with E-state index in [1.807, 2.05) is 13.8 Å². The Morgan fingerprint density at radius 3 is 2.11 bits per heavy atom. The lowest BCUT2D eigenvalue weighted by atomic mass is 10.0. The SMILES string of the molecule is C[C@H]1CCC[C@H](C)N1S(=O)(=O)c1ccc(Br)cc1. The van der Waals surface area contributed by atoms with Crippen molar-refractivity contribution in [1.82, 2.24) is 4.31 Å². The largest absolute Gasteiger partial charge is 0.243 e. The fourth-order valence-electron chi connectivity index (χ4n) is 2.60. The third kappa shape index (κ3) is 2.63. The fourth-order valence-corrected chi connectivity index (χ4v) is 4.75. The Bertz CT molecular complexity index is 502. The minimum absolute atomic E-state index is 0.0856. The summed E-state index contributed by atoms with van der Waals surface area (Å²) in [4.78, 5) is 0.381. The molecule has 1 saturated heterocycles. The molecule has 0 saturated carbocycles. The monoisotopic (exact) mass is 331 g/mol. The molecule has 2 rings (SSSR count). The number of nitrogens with zero attached hydrogens (tertiary/aromatic N) is 1. The van der Waals surface area contributed by atoms with Gasteiger partial charge in [0.15, 0.2) is 0 Å². The van der Waals surface area contributed by atoms with Gasteiger partial charge in [0.05, 0.1) is 4.90 Å². The van der Waals surface area contributed by atoms with Crippen LogP contribution in [0, 0.1) is 0 Å². The van der Waals surface area contributed by atoms with Crippen LogP contribution >= 0.6 is 15.9 Å². The molecule has 1 aliphatic heterocycles. The van der Waals surface area contributed by atoms with Gasteiger partial charge in [0, 0.05) is 16.6 Å². The van der Waals surface area contributed by atoms with E-state index in [1.165, 1.54) is 0 Å². The van der Waals surface area contributed by atoms with Crippen molar-refractivity contribution in [3.8, 4) is 0 Å². The molecule has 1 fully saturated rings. The average molecular weight is 332 g/mol. The molecule has 18 heavy (non-hydrogen) atoms. The number of hydrogen-bond acceptors (Lipinski definition) is 2. The van der Waals surface area contributed by atoms with Crippen molar-refractivity contribution in [1.29, 1.82) is 0 Å². The molecule has 5 heteroatoms. The van der Waals surface area contributed by atoms with Crippen LogP contribution in [0.4, 0.5) is 0 Å². The van der Waals surface area contributed by atoms with E-state index < -0.39 is 10.0 Å². The van der Waals surface area contributed by atoms with Crippen LogP contribution in [-0.4, -0.2) is 24.8 Å². The third-order valence-corrected chi connectivity index (χ3v) is 6.17. The summed E-state index contributed by atoms with van der Waals surface area (Å²) in [6.45, 7) is 3.98. The standard InChI is InChI=1S/C13H18BrNO2S/c1-10-4-3-5-11(2)15(10)18(16,17)13-8-6-12(14)7-9-13/h6-11H,3-5H2,1-2H3/t10-,11-/m0/s1. The molecule has 1 aromatic carbocycles. The maximum atomic E-state index is 12.6. The van der Waals surface area contributed by atoms with Crippen molar-refractivity contribution in [2.45, 2.75) is 50.1 Å². The molecule has 0 spiro atoms. The van der Waals surface area contributed by atoms with Crippen molar-refractivity contribution in [3.05, 3.63) is 28.7 Å². The second-order valence-corrected chi connectivity index (χ2v) is 7.68. The van der Waals surface area contributed by atoms with Gasteiger partial charge in [-0.25, -0.2) is 8.42 Å². The second-order valence-electron chi connectivity index (χ2n) is 4.92. The van der Waals surface area contributed by atoms with Gasteiger partial charge in [-0.05, 0) is 51.0 Å². The van der Waals surface area contributed by atoms with Gasteiger partial charge < -0.3 is 0 Å².